The van der Waals surface area contributed by atoms with Crippen molar-refractivity contribution in [1.29, 1.82) is 0 Å². The molecule has 124 valence electrons. The van der Waals surface area contributed by atoms with Crippen LogP contribution in [-0.2, 0) is 11.2 Å². The first-order valence-corrected chi connectivity index (χ1v) is 8.29. The molecule has 0 bridgehead atoms. The maximum absolute atomic E-state index is 12.0. The van der Waals surface area contributed by atoms with E-state index in [1.54, 1.807) is 24.3 Å². The zero-order valence-corrected chi connectivity index (χ0v) is 14.1. The van der Waals surface area contributed by atoms with E-state index in [2.05, 4.69) is 10.3 Å². The van der Waals surface area contributed by atoms with Gasteiger partial charge in [0.25, 0.3) is 5.91 Å². The Kier molecular flexibility index (Phi) is 4.61. The quantitative estimate of drug-likeness (QED) is 0.719. The van der Waals surface area contributed by atoms with Gasteiger partial charge in [0.15, 0.2) is 11.7 Å². The number of benzene rings is 1. The van der Waals surface area contributed by atoms with Gasteiger partial charge in [-0.3, -0.25) is 10.1 Å². The normalized spacial score (nSPS) is 10.8. The van der Waals surface area contributed by atoms with Crippen LogP contribution in [-0.4, -0.2) is 17.5 Å². The third-order valence-electron chi connectivity index (χ3n) is 3.44. The van der Waals surface area contributed by atoms with Crippen LogP contribution in [0.3, 0.4) is 0 Å². The van der Waals surface area contributed by atoms with Gasteiger partial charge in [-0.05, 0) is 31.5 Å². The molecule has 0 radical (unpaired) electrons. The van der Waals surface area contributed by atoms with E-state index in [1.165, 1.54) is 17.4 Å². The molecule has 0 unspecified atom stereocenters. The average Bonchev–Trinajstić information content (AvgIpc) is 2.91. The topological polar surface area (TPSA) is 81.4 Å². The number of nitrogens with zero attached hydrogens (tertiary/aromatic N) is 1. The predicted octanol–water partition coefficient (Wildman–Crippen LogP) is 3.14. The minimum Gasteiger partial charge on any atom is -0.484 e. The fourth-order valence-electron chi connectivity index (χ4n) is 2.24. The summed E-state index contributed by atoms with van der Waals surface area (Å²) in [6.07, 6.45) is 0.830. The number of hydrogen-bond acceptors (Lipinski definition) is 6. The zero-order chi connectivity index (χ0) is 17.1. The molecule has 3 aromatic rings. The van der Waals surface area contributed by atoms with Gasteiger partial charge in [-0.2, -0.15) is 0 Å². The minimum absolute atomic E-state index is 0.150. The van der Waals surface area contributed by atoms with Crippen LogP contribution < -0.4 is 15.7 Å². The molecule has 2 heterocycles. The van der Waals surface area contributed by atoms with E-state index < -0.39 is 5.63 Å². The van der Waals surface area contributed by atoms with Crippen molar-refractivity contribution in [2.24, 2.45) is 0 Å². The maximum atomic E-state index is 12.0. The number of thiazole rings is 1. The summed E-state index contributed by atoms with van der Waals surface area (Å²) in [6.45, 7) is 3.85. The molecule has 0 spiro atoms. The van der Waals surface area contributed by atoms with Crippen LogP contribution in [0.15, 0.2) is 39.5 Å². The second-order valence-electron chi connectivity index (χ2n) is 5.17. The van der Waals surface area contributed by atoms with Crippen molar-refractivity contribution in [3.05, 3.63) is 51.3 Å². The molecule has 6 nitrogen and oxygen atoms in total. The number of aromatic nitrogens is 1. The number of anilines is 1. The van der Waals surface area contributed by atoms with E-state index in [1.807, 2.05) is 13.8 Å². The lowest BCUT2D eigenvalue weighted by Crippen LogP contribution is -2.20. The molecule has 24 heavy (non-hydrogen) atoms. The van der Waals surface area contributed by atoms with E-state index in [0.29, 0.717) is 16.5 Å². The summed E-state index contributed by atoms with van der Waals surface area (Å²) in [5, 5.41) is 4.08. The fraction of sp³-hybridized carbons (Fsp3) is 0.235. The fourth-order valence-corrected chi connectivity index (χ4v) is 3.16. The molecule has 1 N–H and O–H groups in total. The highest BCUT2D eigenvalue weighted by Gasteiger charge is 2.10. The lowest BCUT2D eigenvalue weighted by atomic mass is 10.2. The van der Waals surface area contributed by atoms with Crippen molar-refractivity contribution in [2.45, 2.75) is 20.3 Å². The monoisotopic (exact) mass is 344 g/mol. The number of hydrogen-bond donors (Lipinski definition) is 1. The lowest BCUT2D eigenvalue weighted by molar-refractivity contribution is -0.118. The molecular formula is C17H16N2O4S. The first-order valence-electron chi connectivity index (χ1n) is 7.48. The third kappa shape index (κ3) is 3.62. The Morgan fingerprint density at radius 1 is 1.33 bits per heavy atom. The summed E-state index contributed by atoms with van der Waals surface area (Å²) in [7, 11) is 0. The molecule has 3 rings (SSSR count). The molecule has 0 aliphatic rings. The van der Waals surface area contributed by atoms with E-state index in [0.717, 1.165) is 22.4 Å². The zero-order valence-electron chi connectivity index (χ0n) is 13.3. The van der Waals surface area contributed by atoms with Gasteiger partial charge in [0.2, 0.25) is 0 Å². The van der Waals surface area contributed by atoms with Gasteiger partial charge in [0.1, 0.15) is 11.3 Å². The Morgan fingerprint density at radius 3 is 2.88 bits per heavy atom. The summed E-state index contributed by atoms with van der Waals surface area (Å²) >= 11 is 1.44. The molecule has 0 saturated heterocycles. The van der Waals surface area contributed by atoms with E-state index in [4.69, 9.17) is 9.15 Å². The number of carbonyl (C=O) groups excluding carboxylic acids is 1. The highest BCUT2D eigenvalue weighted by molar-refractivity contribution is 7.15. The number of fused-ring (bicyclic) bond motifs is 1. The predicted molar refractivity (Wildman–Crippen MR) is 92.8 cm³/mol. The first-order chi connectivity index (χ1) is 11.5. The summed E-state index contributed by atoms with van der Waals surface area (Å²) in [5.74, 6) is 0.164. The molecule has 1 aromatic carbocycles. The number of rotatable bonds is 5. The van der Waals surface area contributed by atoms with Crippen LogP contribution in [0, 0.1) is 6.92 Å². The molecule has 0 saturated carbocycles. The smallest absolute Gasteiger partial charge is 0.336 e. The van der Waals surface area contributed by atoms with E-state index in [-0.39, 0.29) is 12.5 Å². The molecule has 2 aromatic heterocycles. The molecular weight excluding hydrogens is 328 g/mol. The van der Waals surface area contributed by atoms with Gasteiger partial charge >= 0.3 is 5.63 Å². The summed E-state index contributed by atoms with van der Waals surface area (Å²) in [4.78, 5) is 28.7. The average molecular weight is 344 g/mol. The van der Waals surface area contributed by atoms with Gasteiger partial charge in [-0.25, -0.2) is 9.78 Å². The molecule has 0 aliphatic carbocycles. The Balaban J connectivity index is 1.64. The van der Waals surface area contributed by atoms with Crippen LogP contribution in [0.25, 0.3) is 11.0 Å². The summed E-state index contributed by atoms with van der Waals surface area (Å²) < 4.78 is 10.5. The number of amides is 1. The van der Waals surface area contributed by atoms with Crippen molar-refractivity contribution >= 4 is 33.3 Å². The van der Waals surface area contributed by atoms with Crippen LogP contribution in [0.4, 0.5) is 5.13 Å². The maximum Gasteiger partial charge on any atom is 0.336 e. The van der Waals surface area contributed by atoms with Gasteiger partial charge in [-0.15, -0.1) is 11.3 Å². The van der Waals surface area contributed by atoms with Crippen LogP contribution in [0.1, 0.15) is 17.5 Å². The minimum atomic E-state index is -0.428. The largest absolute Gasteiger partial charge is 0.484 e. The SMILES string of the molecule is CCc1nc(NC(=O)COc2ccc3ccc(=O)oc3c2)sc1C. The Morgan fingerprint density at radius 2 is 2.12 bits per heavy atom. The second kappa shape index (κ2) is 6.84. The van der Waals surface area contributed by atoms with Crippen molar-refractivity contribution in [3.63, 3.8) is 0 Å². The Hall–Kier alpha value is -2.67. The number of carbonyl (C=O) groups is 1. The lowest BCUT2D eigenvalue weighted by Gasteiger charge is -2.06. The van der Waals surface area contributed by atoms with Crippen LogP contribution in [0.5, 0.6) is 5.75 Å². The highest BCUT2D eigenvalue weighted by atomic mass is 32.1. The number of ether oxygens (including phenoxy) is 1. The summed E-state index contributed by atoms with van der Waals surface area (Å²) in [6, 6.07) is 8.11. The Bertz CT molecular complexity index is 945. The number of nitrogens with one attached hydrogen (secondary N) is 1. The number of aryl methyl sites for hydroxylation is 2. The third-order valence-corrected chi connectivity index (χ3v) is 4.37. The van der Waals surface area contributed by atoms with Crippen molar-refractivity contribution in [3.8, 4) is 5.75 Å². The van der Waals surface area contributed by atoms with Gasteiger partial charge in [-0.1, -0.05) is 6.92 Å². The molecule has 0 aliphatic heterocycles. The van der Waals surface area contributed by atoms with Crippen LogP contribution >= 0.6 is 11.3 Å². The second-order valence-corrected chi connectivity index (χ2v) is 6.37. The van der Waals surface area contributed by atoms with Crippen LogP contribution in [0.2, 0.25) is 0 Å². The highest BCUT2D eigenvalue weighted by Crippen LogP contribution is 2.22. The van der Waals surface area contributed by atoms with Crippen molar-refractivity contribution in [1.82, 2.24) is 4.98 Å². The molecule has 0 atom stereocenters. The first kappa shape index (κ1) is 16.2. The molecule has 0 fully saturated rings. The van der Waals surface area contributed by atoms with Gasteiger partial charge < -0.3 is 9.15 Å². The standard InChI is InChI=1S/C17H16N2O4S/c1-3-13-10(2)24-17(18-13)19-15(20)9-22-12-6-4-11-5-7-16(21)23-14(11)8-12/h4-8H,3,9H2,1-2H3,(H,18,19,20). The van der Waals surface area contributed by atoms with E-state index >= 15 is 0 Å². The van der Waals surface area contributed by atoms with Gasteiger partial charge in [0.05, 0.1) is 5.69 Å². The van der Waals surface area contributed by atoms with Crippen molar-refractivity contribution in [2.75, 3.05) is 11.9 Å². The van der Waals surface area contributed by atoms with E-state index in [9.17, 15) is 9.59 Å². The van der Waals surface area contributed by atoms with Crippen molar-refractivity contribution < 1.29 is 13.9 Å². The molecule has 7 heteroatoms. The Labute approximate surface area is 142 Å². The summed E-state index contributed by atoms with van der Waals surface area (Å²) in [5.41, 5.74) is 0.979. The van der Waals surface area contributed by atoms with Gasteiger partial charge in [0, 0.05) is 22.4 Å². The molecule has 1 amide bonds.